The summed E-state index contributed by atoms with van der Waals surface area (Å²) in [4.78, 5) is 21.2. The highest BCUT2D eigenvalue weighted by molar-refractivity contribution is 5.83. The van der Waals surface area contributed by atoms with Crippen LogP contribution >= 0.6 is 0 Å². The number of amides is 1. The Balaban J connectivity index is 1.77. The van der Waals surface area contributed by atoms with Crippen LogP contribution in [0.15, 0.2) is 18.2 Å². The highest BCUT2D eigenvalue weighted by Crippen LogP contribution is 2.23. The van der Waals surface area contributed by atoms with E-state index >= 15 is 0 Å². The van der Waals surface area contributed by atoms with Crippen molar-refractivity contribution < 1.29 is 14.6 Å². The summed E-state index contributed by atoms with van der Waals surface area (Å²) in [6, 6.07) is 5.64. The molecule has 8 nitrogen and oxygen atoms in total. The van der Waals surface area contributed by atoms with E-state index in [1.807, 2.05) is 39.0 Å². The van der Waals surface area contributed by atoms with E-state index in [0.29, 0.717) is 19.0 Å². The molecule has 0 bridgehead atoms. The SMILES string of the molecule is CCOc1ccc2nc(NC3NC(=O)C(CCO)C(C)N3)nc(C)c2c1. The molecule has 0 aliphatic carbocycles. The molecule has 0 saturated carbocycles. The molecule has 26 heavy (non-hydrogen) atoms. The predicted octanol–water partition coefficient (Wildman–Crippen LogP) is 1.14. The van der Waals surface area contributed by atoms with Crippen LogP contribution in [-0.2, 0) is 4.79 Å². The van der Waals surface area contributed by atoms with Crippen molar-refractivity contribution in [3.8, 4) is 5.75 Å². The first-order valence-corrected chi connectivity index (χ1v) is 8.87. The quantitative estimate of drug-likeness (QED) is 0.612. The number of hydrogen-bond donors (Lipinski definition) is 4. The van der Waals surface area contributed by atoms with Gasteiger partial charge in [-0.05, 0) is 45.4 Å². The highest BCUT2D eigenvalue weighted by Gasteiger charge is 2.33. The van der Waals surface area contributed by atoms with Crippen molar-refractivity contribution in [3.63, 3.8) is 0 Å². The van der Waals surface area contributed by atoms with Gasteiger partial charge in [-0.3, -0.25) is 10.1 Å². The van der Waals surface area contributed by atoms with E-state index in [1.54, 1.807) is 0 Å². The highest BCUT2D eigenvalue weighted by atomic mass is 16.5. The van der Waals surface area contributed by atoms with Crippen LogP contribution in [0.3, 0.4) is 0 Å². The third-order valence-electron chi connectivity index (χ3n) is 4.54. The molecule has 0 spiro atoms. The zero-order valence-electron chi connectivity index (χ0n) is 15.2. The minimum Gasteiger partial charge on any atom is -0.494 e. The maximum Gasteiger partial charge on any atom is 0.227 e. The molecule has 8 heteroatoms. The molecule has 1 aliphatic rings. The van der Waals surface area contributed by atoms with Crippen molar-refractivity contribution in [2.75, 3.05) is 18.5 Å². The summed E-state index contributed by atoms with van der Waals surface area (Å²) >= 11 is 0. The number of carbonyl (C=O) groups is 1. The summed E-state index contributed by atoms with van der Waals surface area (Å²) < 4.78 is 5.53. The Labute approximate surface area is 152 Å². The summed E-state index contributed by atoms with van der Waals surface area (Å²) in [5.41, 5.74) is 1.63. The second-order valence-electron chi connectivity index (χ2n) is 6.40. The van der Waals surface area contributed by atoms with E-state index < -0.39 is 6.29 Å². The Morgan fingerprint density at radius 2 is 2.15 bits per heavy atom. The predicted molar refractivity (Wildman–Crippen MR) is 98.8 cm³/mol. The van der Waals surface area contributed by atoms with Gasteiger partial charge in [0.05, 0.1) is 23.7 Å². The molecule has 3 atom stereocenters. The fraction of sp³-hybridized carbons (Fsp3) is 0.500. The van der Waals surface area contributed by atoms with Gasteiger partial charge in [0, 0.05) is 18.0 Å². The normalized spacial score (nSPS) is 22.9. The Bertz CT molecular complexity index is 798. The number of nitrogens with one attached hydrogen (secondary N) is 3. The molecule has 1 saturated heterocycles. The number of fused-ring (bicyclic) bond motifs is 1. The number of aromatic nitrogens is 2. The zero-order chi connectivity index (χ0) is 18.7. The first-order valence-electron chi connectivity index (χ1n) is 8.87. The molecule has 140 valence electrons. The molecule has 3 rings (SSSR count). The van der Waals surface area contributed by atoms with Gasteiger partial charge in [0.2, 0.25) is 11.9 Å². The van der Waals surface area contributed by atoms with Crippen LogP contribution < -0.4 is 20.7 Å². The lowest BCUT2D eigenvalue weighted by Gasteiger charge is -2.35. The van der Waals surface area contributed by atoms with Gasteiger partial charge in [0.1, 0.15) is 5.75 Å². The molecular formula is C18H25N5O3. The van der Waals surface area contributed by atoms with Crippen LogP contribution in [-0.4, -0.2) is 46.5 Å². The number of ether oxygens (including phenoxy) is 1. The number of aliphatic hydroxyl groups excluding tert-OH is 1. The fourth-order valence-corrected chi connectivity index (χ4v) is 3.21. The summed E-state index contributed by atoms with van der Waals surface area (Å²) in [6.45, 7) is 6.37. The maximum atomic E-state index is 12.2. The van der Waals surface area contributed by atoms with Gasteiger partial charge < -0.3 is 20.5 Å². The summed E-state index contributed by atoms with van der Waals surface area (Å²) in [5.74, 6) is 0.873. The molecule has 1 fully saturated rings. The molecular weight excluding hydrogens is 334 g/mol. The lowest BCUT2D eigenvalue weighted by Crippen LogP contribution is -2.63. The third-order valence-corrected chi connectivity index (χ3v) is 4.54. The Hall–Kier alpha value is -2.45. The number of aliphatic hydroxyl groups is 1. The number of hydrogen-bond acceptors (Lipinski definition) is 7. The summed E-state index contributed by atoms with van der Waals surface area (Å²) in [7, 11) is 0. The van der Waals surface area contributed by atoms with Gasteiger partial charge in [0.15, 0.2) is 6.29 Å². The summed E-state index contributed by atoms with van der Waals surface area (Å²) in [6.07, 6.45) is -0.0347. The van der Waals surface area contributed by atoms with Crippen LogP contribution in [0.5, 0.6) is 5.75 Å². The van der Waals surface area contributed by atoms with E-state index in [-0.39, 0.29) is 24.5 Å². The minimum absolute atomic E-state index is 0.0150. The van der Waals surface area contributed by atoms with Crippen LogP contribution in [0.25, 0.3) is 10.9 Å². The minimum atomic E-state index is -0.466. The van der Waals surface area contributed by atoms with E-state index in [0.717, 1.165) is 22.3 Å². The van der Waals surface area contributed by atoms with Crippen molar-refractivity contribution in [1.29, 1.82) is 0 Å². The van der Waals surface area contributed by atoms with Gasteiger partial charge >= 0.3 is 0 Å². The van der Waals surface area contributed by atoms with E-state index in [1.165, 1.54) is 0 Å². The Kier molecular flexibility index (Phi) is 5.53. The second kappa shape index (κ2) is 7.84. The van der Waals surface area contributed by atoms with Crippen LogP contribution in [0.1, 0.15) is 26.0 Å². The molecule has 1 aromatic heterocycles. The number of aryl methyl sites for hydroxylation is 1. The molecule has 3 unspecified atom stereocenters. The average Bonchev–Trinajstić information content (AvgIpc) is 2.59. The third kappa shape index (κ3) is 3.86. The number of benzene rings is 1. The summed E-state index contributed by atoms with van der Waals surface area (Å²) in [5, 5.41) is 19.3. The lowest BCUT2D eigenvalue weighted by molar-refractivity contribution is -0.129. The van der Waals surface area contributed by atoms with E-state index in [4.69, 9.17) is 9.84 Å². The zero-order valence-corrected chi connectivity index (χ0v) is 15.2. The molecule has 1 aromatic carbocycles. The smallest absolute Gasteiger partial charge is 0.227 e. The van der Waals surface area contributed by atoms with Crippen molar-refractivity contribution in [2.45, 2.75) is 39.5 Å². The van der Waals surface area contributed by atoms with Crippen LogP contribution in [0.2, 0.25) is 0 Å². The van der Waals surface area contributed by atoms with Crippen LogP contribution in [0.4, 0.5) is 5.95 Å². The van der Waals surface area contributed by atoms with E-state index in [9.17, 15) is 4.79 Å². The van der Waals surface area contributed by atoms with Gasteiger partial charge in [0.25, 0.3) is 0 Å². The number of rotatable bonds is 6. The van der Waals surface area contributed by atoms with Crippen molar-refractivity contribution in [2.24, 2.45) is 5.92 Å². The topological polar surface area (TPSA) is 108 Å². The largest absolute Gasteiger partial charge is 0.494 e. The molecule has 4 N–H and O–H groups in total. The number of carbonyl (C=O) groups excluding carboxylic acids is 1. The first kappa shape index (κ1) is 18.3. The fourth-order valence-electron chi connectivity index (χ4n) is 3.21. The molecule has 0 radical (unpaired) electrons. The van der Waals surface area contributed by atoms with Gasteiger partial charge in [-0.25, -0.2) is 9.97 Å². The Morgan fingerprint density at radius 3 is 2.85 bits per heavy atom. The maximum absolute atomic E-state index is 12.2. The average molecular weight is 359 g/mol. The molecule has 2 aromatic rings. The van der Waals surface area contributed by atoms with Gasteiger partial charge in [-0.2, -0.15) is 0 Å². The lowest BCUT2D eigenvalue weighted by atomic mass is 9.95. The molecule has 2 heterocycles. The Morgan fingerprint density at radius 1 is 1.35 bits per heavy atom. The van der Waals surface area contributed by atoms with Crippen LogP contribution in [0, 0.1) is 12.8 Å². The number of nitrogens with zero attached hydrogens (tertiary/aromatic N) is 2. The number of anilines is 1. The van der Waals surface area contributed by atoms with E-state index in [2.05, 4.69) is 25.9 Å². The van der Waals surface area contributed by atoms with Crippen molar-refractivity contribution >= 4 is 22.8 Å². The van der Waals surface area contributed by atoms with Gasteiger partial charge in [-0.15, -0.1) is 0 Å². The molecule has 1 amide bonds. The van der Waals surface area contributed by atoms with Crippen molar-refractivity contribution in [1.82, 2.24) is 20.6 Å². The van der Waals surface area contributed by atoms with Gasteiger partial charge in [-0.1, -0.05) is 0 Å². The first-order chi connectivity index (χ1) is 12.5. The standard InChI is InChI=1S/C18H25N5O3/c1-4-26-12-5-6-15-14(9-12)11(3)20-17(21-15)23-18-19-10(2)13(7-8-24)16(25)22-18/h5-6,9-10,13,18-19,24H,4,7-8H2,1-3H3,(H,22,25)(H,20,21,23). The molecule has 1 aliphatic heterocycles. The van der Waals surface area contributed by atoms with Crippen molar-refractivity contribution in [3.05, 3.63) is 23.9 Å². The monoisotopic (exact) mass is 359 g/mol. The second-order valence-corrected chi connectivity index (χ2v) is 6.40.